The fourth-order valence-corrected chi connectivity index (χ4v) is 1.28. The molecule has 0 unspecified atom stereocenters. The second-order valence-corrected chi connectivity index (χ2v) is 2.98. The topological polar surface area (TPSA) is 30.8 Å². The third-order valence-electron chi connectivity index (χ3n) is 1.97. The van der Waals surface area contributed by atoms with Crippen LogP contribution >= 0.6 is 0 Å². The molecule has 1 aromatic carbocycles. The molecule has 76 valence electrons. The van der Waals surface area contributed by atoms with Crippen molar-refractivity contribution in [2.45, 2.75) is 13.3 Å². The fourth-order valence-electron chi connectivity index (χ4n) is 1.28. The molecule has 3 nitrogen and oxygen atoms in total. The van der Waals surface area contributed by atoms with Crippen LogP contribution in [-0.2, 0) is 11.3 Å². The van der Waals surface area contributed by atoms with E-state index in [0.29, 0.717) is 0 Å². The highest BCUT2D eigenvalue weighted by Crippen LogP contribution is 2.18. The van der Waals surface area contributed by atoms with Gasteiger partial charge in [0.25, 0.3) is 0 Å². The normalized spacial score (nSPS) is 10.5. The summed E-state index contributed by atoms with van der Waals surface area (Å²) in [7, 11) is 3.21. The fraction of sp³-hybridized carbons (Fsp3) is 0.364. The Balaban J connectivity index is 2.71. The number of hydrogen-bond acceptors (Lipinski definition) is 3. The maximum Gasteiger partial charge on any atom is 0.121 e. The van der Waals surface area contributed by atoms with E-state index < -0.39 is 0 Å². The van der Waals surface area contributed by atoms with E-state index in [1.54, 1.807) is 13.3 Å². The second-order valence-electron chi connectivity index (χ2n) is 2.98. The van der Waals surface area contributed by atoms with Gasteiger partial charge in [-0.2, -0.15) is 0 Å². The number of benzene rings is 1. The molecule has 3 heteroatoms. The molecule has 0 radical (unpaired) electrons. The molecule has 14 heavy (non-hydrogen) atoms. The Morgan fingerprint density at radius 1 is 1.36 bits per heavy atom. The van der Waals surface area contributed by atoms with Crippen LogP contribution in [0.2, 0.25) is 0 Å². The van der Waals surface area contributed by atoms with Crippen molar-refractivity contribution in [3.05, 3.63) is 29.3 Å². The molecule has 0 spiro atoms. The van der Waals surface area contributed by atoms with Gasteiger partial charge in [0, 0.05) is 12.6 Å². The Hall–Kier alpha value is -1.51. The third kappa shape index (κ3) is 2.76. The molecule has 0 aliphatic heterocycles. The van der Waals surface area contributed by atoms with Gasteiger partial charge in [-0.1, -0.05) is 17.3 Å². The zero-order valence-corrected chi connectivity index (χ0v) is 8.78. The molecule has 0 heterocycles. The van der Waals surface area contributed by atoms with Crippen molar-refractivity contribution in [1.82, 2.24) is 0 Å². The molecule has 0 fully saturated rings. The number of ether oxygens (including phenoxy) is 1. The first-order chi connectivity index (χ1) is 6.77. The SMILES string of the molecule is CON=CCc1ccc(OC)c(C)c1. The van der Waals surface area contributed by atoms with E-state index in [1.165, 1.54) is 12.7 Å². The minimum Gasteiger partial charge on any atom is -0.496 e. The number of methoxy groups -OCH3 is 1. The number of rotatable bonds is 4. The minimum absolute atomic E-state index is 0.776. The summed E-state index contributed by atoms with van der Waals surface area (Å²) in [6.07, 6.45) is 2.51. The maximum absolute atomic E-state index is 5.17. The lowest BCUT2D eigenvalue weighted by molar-refractivity contribution is 0.215. The highest BCUT2D eigenvalue weighted by molar-refractivity contribution is 5.61. The number of hydrogen-bond donors (Lipinski definition) is 0. The zero-order valence-electron chi connectivity index (χ0n) is 8.78. The van der Waals surface area contributed by atoms with Crippen molar-refractivity contribution < 1.29 is 9.57 Å². The van der Waals surface area contributed by atoms with Crippen molar-refractivity contribution >= 4 is 6.21 Å². The van der Waals surface area contributed by atoms with E-state index in [-0.39, 0.29) is 0 Å². The summed E-state index contributed by atoms with van der Waals surface area (Å²) in [5, 5.41) is 3.68. The molecule has 0 bridgehead atoms. The molecule has 0 aliphatic carbocycles. The lowest BCUT2D eigenvalue weighted by Gasteiger charge is -2.05. The Morgan fingerprint density at radius 2 is 2.14 bits per heavy atom. The lowest BCUT2D eigenvalue weighted by Crippen LogP contribution is -1.91. The Kier molecular flexibility index (Phi) is 3.98. The molecule has 0 aliphatic rings. The van der Waals surface area contributed by atoms with Gasteiger partial charge in [-0.25, -0.2) is 0 Å². The van der Waals surface area contributed by atoms with Crippen molar-refractivity contribution in [1.29, 1.82) is 0 Å². The molecule has 0 saturated heterocycles. The van der Waals surface area contributed by atoms with Gasteiger partial charge in [-0.05, 0) is 24.1 Å². The van der Waals surface area contributed by atoms with E-state index in [4.69, 9.17) is 4.74 Å². The van der Waals surface area contributed by atoms with Gasteiger partial charge in [-0.15, -0.1) is 0 Å². The molecular weight excluding hydrogens is 178 g/mol. The lowest BCUT2D eigenvalue weighted by atomic mass is 10.1. The summed E-state index contributed by atoms with van der Waals surface area (Å²) in [6, 6.07) is 6.07. The highest BCUT2D eigenvalue weighted by atomic mass is 16.6. The van der Waals surface area contributed by atoms with Gasteiger partial charge >= 0.3 is 0 Å². The van der Waals surface area contributed by atoms with Gasteiger partial charge in [0.1, 0.15) is 12.9 Å². The number of aryl methyl sites for hydroxylation is 1. The molecular formula is C11H15NO2. The van der Waals surface area contributed by atoms with Crippen LogP contribution in [0, 0.1) is 6.92 Å². The van der Waals surface area contributed by atoms with Crippen molar-refractivity contribution in [3.8, 4) is 5.75 Å². The molecule has 0 atom stereocenters. The summed E-state index contributed by atoms with van der Waals surface area (Å²) in [6.45, 7) is 2.02. The van der Waals surface area contributed by atoms with E-state index in [2.05, 4.69) is 16.1 Å². The number of nitrogens with zero attached hydrogens (tertiary/aromatic N) is 1. The van der Waals surface area contributed by atoms with Gasteiger partial charge < -0.3 is 9.57 Å². The number of oxime groups is 1. The average Bonchev–Trinajstić information content (AvgIpc) is 2.18. The predicted octanol–water partition coefficient (Wildman–Crippen LogP) is 2.18. The van der Waals surface area contributed by atoms with Crippen LogP contribution < -0.4 is 4.74 Å². The zero-order chi connectivity index (χ0) is 10.4. The van der Waals surface area contributed by atoms with E-state index >= 15 is 0 Å². The Labute approximate surface area is 84.3 Å². The van der Waals surface area contributed by atoms with E-state index in [0.717, 1.165) is 17.7 Å². The van der Waals surface area contributed by atoms with Crippen LogP contribution in [0.3, 0.4) is 0 Å². The van der Waals surface area contributed by atoms with E-state index in [1.807, 2.05) is 19.1 Å². The summed E-state index contributed by atoms with van der Waals surface area (Å²) in [4.78, 5) is 4.58. The molecule has 0 N–H and O–H groups in total. The van der Waals surface area contributed by atoms with Crippen LogP contribution in [0.1, 0.15) is 11.1 Å². The van der Waals surface area contributed by atoms with Crippen LogP contribution in [0.15, 0.2) is 23.4 Å². The smallest absolute Gasteiger partial charge is 0.121 e. The van der Waals surface area contributed by atoms with Gasteiger partial charge in [-0.3, -0.25) is 0 Å². The van der Waals surface area contributed by atoms with Crippen LogP contribution in [0.4, 0.5) is 0 Å². The van der Waals surface area contributed by atoms with Gasteiger partial charge in [0.15, 0.2) is 0 Å². The Morgan fingerprint density at radius 3 is 2.71 bits per heavy atom. The summed E-state index contributed by atoms with van der Waals surface area (Å²) in [5.74, 6) is 0.914. The van der Waals surface area contributed by atoms with Crippen LogP contribution in [0.25, 0.3) is 0 Å². The van der Waals surface area contributed by atoms with Crippen molar-refractivity contribution in [3.63, 3.8) is 0 Å². The minimum atomic E-state index is 0.776. The van der Waals surface area contributed by atoms with Crippen molar-refractivity contribution in [2.24, 2.45) is 5.16 Å². The van der Waals surface area contributed by atoms with Crippen molar-refractivity contribution in [2.75, 3.05) is 14.2 Å². The summed E-state index contributed by atoms with van der Waals surface area (Å²) >= 11 is 0. The first-order valence-electron chi connectivity index (χ1n) is 4.46. The second kappa shape index (κ2) is 5.27. The molecule has 0 saturated carbocycles. The summed E-state index contributed by atoms with van der Waals surface area (Å²) in [5.41, 5.74) is 2.33. The molecule has 1 rings (SSSR count). The predicted molar refractivity (Wildman–Crippen MR) is 56.9 cm³/mol. The first-order valence-corrected chi connectivity index (χ1v) is 4.46. The standard InChI is InChI=1S/C11H15NO2/c1-9-8-10(6-7-12-14-3)4-5-11(9)13-2/h4-5,7-8H,6H2,1-3H3. The van der Waals surface area contributed by atoms with Crippen LogP contribution in [0.5, 0.6) is 5.75 Å². The van der Waals surface area contributed by atoms with Gasteiger partial charge in [0.05, 0.1) is 7.11 Å². The largest absolute Gasteiger partial charge is 0.496 e. The highest BCUT2D eigenvalue weighted by Gasteiger charge is 1.98. The molecule has 0 amide bonds. The third-order valence-corrected chi connectivity index (χ3v) is 1.97. The Bertz CT molecular complexity index is 321. The monoisotopic (exact) mass is 193 g/mol. The van der Waals surface area contributed by atoms with Gasteiger partial charge in [0.2, 0.25) is 0 Å². The molecule has 1 aromatic rings. The maximum atomic E-state index is 5.17. The first kappa shape index (κ1) is 10.6. The average molecular weight is 193 g/mol. The quantitative estimate of drug-likeness (QED) is 0.542. The summed E-state index contributed by atoms with van der Waals surface area (Å²) < 4.78 is 5.17. The van der Waals surface area contributed by atoms with E-state index in [9.17, 15) is 0 Å². The molecule has 0 aromatic heterocycles. The van der Waals surface area contributed by atoms with Crippen LogP contribution in [-0.4, -0.2) is 20.4 Å².